The van der Waals surface area contributed by atoms with E-state index in [1.165, 1.54) is 31.5 Å². The first-order valence-corrected chi connectivity index (χ1v) is 8.88. The normalized spacial score (nSPS) is 27.5. The molecule has 1 heterocycles. The Labute approximate surface area is 135 Å². The molecule has 1 saturated heterocycles. The summed E-state index contributed by atoms with van der Waals surface area (Å²) in [6.45, 7) is 11.9. The average molecular weight is 308 g/mol. The highest BCUT2D eigenvalue weighted by molar-refractivity contribution is 5.72. The van der Waals surface area contributed by atoms with Crippen molar-refractivity contribution >= 4 is 5.97 Å². The van der Waals surface area contributed by atoms with Crippen LogP contribution in [0.4, 0.5) is 0 Å². The molecule has 0 aromatic carbocycles. The van der Waals surface area contributed by atoms with Crippen LogP contribution in [-0.2, 0) is 9.53 Å². The van der Waals surface area contributed by atoms with Crippen LogP contribution in [0.2, 0.25) is 0 Å². The molecule has 1 aliphatic carbocycles. The number of hydrogen-bond donors (Lipinski definition) is 1. The minimum absolute atomic E-state index is 0.00838. The molecule has 126 valence electrons. The van der Waals surface area contributed by atoms with Crippen LogP contribution in [0.25, 0.3) is 0 Å². The first kappa shape index (κ1) is 17.5. The quantitative estimate of drug-likeness (QED) is 0.605. The van der Waals surface area contributed by atoms with Gasteiger partial charge in [-0.25, -0.2) is 0 Å². The number of rotatable bonds is 6. The van der Waals surface area contributed by atoms with Gasteiger partial charge in [-0.05, 0) is 65.5 Å². The fourth-order valence-corrected chi connectivity index (χ4v) is 3.73. The van der Waals surface area contributed by atoms with Crippen molar-refractivity contribution in [2.45, 2.75) is 64.5 Å². The summed E-state index contributed by atoms with van der Waals surface area (Å²) in [5.41, 5.74) is 1.25. The van der Waals surface area contributed by atoms with Gasteiger partial charge in [0.25, 0.3) is 0 Å². The van der Waals surface area contributed by atoms with Crippen LogP contribution < -0.4 is 5.32 Å². The van der Waals surface area contributed by atoms with E-state index in [2.05, 4.69) is 23.7 Å². The van der Waals surface area contributed by atoms with Crippen LogP contribution in [0.1, 0.15) is 52.4 Å². The maximum atomic E-state index is 11.8. The molecule has 2 aliphatic rings. The Morgan fingerprint density at radius 2 is 1.73 bits per heavy atom. The summed E-state index contributed by atoms with van der Waals surface area (Å²) in [4.78, 5) is 14.3. The Balaban J connectivity index is 1.65. The van der Waals surface area contributed by atoms with Gasteiger partial charge in [0, 0.05) is 18.6 Å². The molecule has 0 unspecified atom stereocenters. The third-order valence-corrected chi connectivity index (χ3v) is 4.90. The van der Waals surface area contributed by atoms with Crippen LogP contribution in [0.5, 0.6) is 0 Å². The Kier molecular flexibility index (Phi) is 6.90. The van der Waals surface area contributed by atoms with Crippen molar-refractivity contribution in [2.24, 2.45) is 5.92 Å². The molecule has 0 aromatic heterocycles. The molecule has 0 amide bonds. The second kappa shape index (κ2) is 8.68. The van der Waals surface area contributed by atoms with Gasteiger partial charge in [-0.3, -0.25) is 9.69 Å². The molecule has 4 nitrogen and oxygen atoms in total. The summed E-state index contributed by atoms with van der Waals surface area (Å²) >= 11 is 0. The second-order valence-electron chi connectivity index (χ2n) is 6.97. The van der Waals surface area contributed by atoms with E-state index in [1.54, 1.807) is 0 Å². The standard InChI is InChI=1S/C18H32N2O2/c1-4-22-18(21)15-5-7-16(8-6-15)19-17-9-11-20(12-10-17)13-14(2)3/h15-17,19H,2,4-13H2,1,3H3. The summed E-state index contributed by atoms with van der Waals surface area (Å²) in [5.74, 6) is 0.143. The van der Waals surface area contributed by atoms with Crippen LogP contribution in [-0.4, -0.2) is 49.2 Å². The second-order valence-corrected chi connectivity index (χ2v) is 6.97. The van der Waals surface area contributed by atoms with E-state index in [-0.39, 0.29) is 11.9 Å². The van der Waals surface area contributed by atoms with Gasteiger partial charge in [0.15, 0.2) is 0 Å². The van der Waals surface area contributed by atoms with Crippen molar-refractivity contribution in [3.63, 3.8) is 0 Å². The number of hydrogen-bond acceptors (Lipinski definition) is 4. The molecule has 2 rings (SSSR count). The third-order valence-electron chi connectivity index (χ3n) is 4.90. The van der Waals surface area contributed by atoms with Gasteiger partial charge in [0.2, 0.25) is 0 Å². The summed E-state index contributed by atoms with van der Waals surface area (Å²) in [6, 6.07) is 1.23. The van der Waals surface area contributed by atoms with Gasteiger partial charge in [0.1, 0.15) is 0 Å². The molecule has 0 spiro atoms. The number of esters is 1. The van der Waals surface area contributed by atoms with Gasteiger partial charge >= 0.3 is 5.97 Å². The minimum atomic E-state index is 0.00838. The number of nitrogens with zero attached hydrogens (tertiary/aromatic N) is 1. The maximum absolute atomic E-state index is 11.8. The molecule has 1 aliphatic heterocycles. The lowest BCUT2D eigenvalue weighted by atomic mass is 9.85. The molecule has 1 saturated carbocycles. The topological polar surface area (TPSA) is 41.6 Å². The van der Waals surface area contributed by atoms with Crippen molar-refractivity contribution in [3.8, 4) is 0 Å². The zero-order valence-electron chi connectivity index (χ0n) is 14.3. The van der Waals surface area contributed by atoms with E-state index in [0.29, 0.717) is 18.7 Å². The lowest BCUT2D eigenvalue weighted by Gasteiger charge is -2.36. The minimum Gasteiger partial charge on any atom is -0.466 e. The number of carbonyl (C=O) groups excluding carboxylic acids is 1. The van der Waals surface area contributed by atoms with Crippen molar-refractivity contribution in [3.05, 3.63) is 12.2 Å². The van der Waals surface area contributed by atoms with E-state index in [4.69, 9.17) is 4.74 Å². The van der Waals surface area contributed by atoms with Crippen molar-refractivity contribution in [2.75, 3.05) is 26.2 Å². The maximum Gasteiger partial charge on any atom is 0.308 e. The Bertz CT molecular complexity index is 367. The van der Waals surface area contributed by atoms with Gasteiger partial charge < -0.3 is 10.1 Å². The highest BCUT2D eigenvalue weighted by Gasteiger charge is 2.29. The smallest absolute Gasteiger partial charge is 0.308 e. The number of carbonyl (C=O) groups is 1. The number of ether oxygens (including phenoxy) is 1. The summed E-state index contributed by atoms with van der Waals surface area (Å²) in [6.07, 6.45) is 6.62. The first-order valence-electron chi connectivity index (χ1n) is 8.88. The molecule has 22 heavy (non-hydrogen) atoms. The molecule has 0 atom stereocenters. The lowest BCUT2D eigenvalue weighted by Crippen LogP contribution is -2.47. The molecule has 0 bridgehead atoms. The molecule has 2 fully saturated rings. The number of piperidine rings is 1. The average Bonchev–Trinajstić information content (AvgIpc) is 2.50. The van der Waals surface area contributed by atoms with Gasteiger partial charge in [0.05, 0.1) is 12.5 Å². The molecular weight excluding hydrogens is 276 g/mol. The van der Waals surface area contributed by atoms with E-state index < -0.39 is 0 Å². The van der Waals surface area contributed by atoms with Gasteiger partial charge in [-0.2, -0.15) is 0 Å². The first-order chi connectivity index (χ1) is 10.6. The van der Waals surface area contributed by atoms with Crippen LogP contribution in [0.3, 0.4) is 0 Å². The fraction of sp³-hybridized carbons (Fsp3) is 0.833. The van der Waals surface area contributed by atoms with Gasteiger partial charge in [-0.15, -0.1) is 0 Å². The van der Waals surface area contributed by atoms with Crippen molar-refractivity contribution in [1.29, 1.82) is 0 Å². The Morgan fingerprint density at radius 3 is 2.27 bits per heavy atom. The molecule has 4 heteroatoms. The predicted molar refractivity (Wildman–Crippen MR) is 89.8 cm³/mol. The van der Waals surface area contributed by atoms with E-state index in [0.717, 1.165) is 32.2 Å². The number of nitrogens with one attached hydrogen (secondary N) is 1. The van der Waals surface area contributed by atoms with E-state index in [1.807, 2.05) is 6.92 Å². The molecule has 0 aromatic rings. The third kappa shape index (κ3) is 5.40. The predicted octanol–water partition coefficient (Wildman–Crippen LogP) is 2.74. The zero-order chi connectivity index (χ0) is 15.9. The van der Waals surface area contributed by atoms with Crippen molar-refractivity contribution in [1.82, 2.24) is 10.2 Å². The Hall–Kier alpha value is -0.870. The molecular formula is C18H32N2O2. The summed E-state index contributed by atoms with van der Waals surface area (Å²) in [5, 5.41) is 3.82. The van der Waals surface area contributed by atoms with E-state index >= 15 is 0 Å². The summed E-state index contributed by atoms with van der Waals surface area (Å²) < 4.78 is 5.14. The van der Waals surface area contributed by atoms with Crippen LogP contribution >= 0.6 is 0 Å². The SMILES string of the molecule is C=C(C)CN1CCC(NC2CCC(C(=O)OCC)CC2)CC1. The molecule has 0 radical (unpaired) electrons. The summed E-state index contributed by atoms with van der Waals surface area (Å²) in [7, 11) is 0. The number of likely N-dealkylation sites (tertiary alicyclic amines) is 1. The Morgan fingerprint density at radius 1 is 1.14 bits per heavy atom. The molecule has 1 N–H and O–H groups in total. The highest BCUT2D eigenvalue weighted by Crippen LogP contribution is 2.26. The monoisotopic (exact) mass is 308 g/mol. The van der Waals surface area contributed by atoms with Crippen molar-refractivity contribution < 1.29 is 9.53 Å². The van der Waals surface area contributed by atoms with Crippen LogP contribution in [0, 0.1) is 5.92 Å². The highest BCUT2D eigenvalue weighted by atomic mass is 16.5. The largest absolute Gasteiger partial charge is 0.466 e. The lowest BCUT2D eigenvalue weighted by molar-refractivity contribution is -0.149. The van der Waals surface area contributed by atoms with E-state index in [9.17, 15) is 4.79 Å². The van der Waals surface area contributed by atoms with Gasteiger partial charge in [-0.1, -0.05) is 12.2 Å². The van der Waals surface area contributed by atoms with Crippen LogP contribution in [0.15, 0.2) is 12.2 Å². The fourth-order valence-electron chi connectivity index (χ4n) is 3.73. The zero-order valence-corrected chi connectivity index (χ0v) is 14.3.